The normalized spacial score (nSPS) is 11.6. The minimum Gasteiger partial charge on any atom is -0.379 e. The summed E-state index contributed by atoms with van der Waals surface area (Å²) in [5.41, 5.74) is 0.994. The van der Waals surface area contributed by atoms with Gasteiger partial charge >= 0.3 is 0 Å². The van der Waals surface area contributed by atoms with E-state index in [1.54, 1.807) is 12.1 Å². The SMILES string of the molecule is C=CCCCCCCCCCOCCOCCOCCOS(=O)(=O)c1ccc(C)cc1. The zero-order chi connectivity index (χ0) is 22.6. The number of rotatable bonds is 21. The zero-order valence-electron chi connectivity index (χ0n) is 19.1. The number of hydrogen-bond donors (Lipinski definition) is 0. The first-order valence-corrected chi connectivity index (χ1v) is 12.8. The van der Waals surface area contributed by atoms with Gasteiger partial charge in [-0.2, -0.15) is 8.42 Å². The molecule has 7 heteroatoms. The lowest BCUT2D eigenvalue weighted by molar-refractivity contribution is 0.00912. The van der Waals surface area contributed by atoms with Gasteiger partial charge in [-0.3, -0.25) is 4.18 Å². The Labute approximate surface area is 189 Å². The summed E-state index contributed by atoms with van der Waals surface area (Å²) >= 11 is 0. The fraction of sp³-hybridized carbons (Fsp3) is 0.667. The van der Waals surface area contributed by atoms with Crippen LogP contribution in [0.25, 0.3) is 0 Å². The molecular weight excluding hydrogens is 416 g/mol. The van der Waals surface area contributed by atoms with E-state index in [0.29, 0.717) is 26.4 Å². The van der Waals surface area contributed by atoms with E-state index in [1.807, 2.05) is 13.0 Å². The summed E-state index contributed by atoms with van der Waals surface area (Å²) in [4.78, 5) is 0.153. The molecule has 1 aromatic carbocycles. The molecule has 178 valence electrons. The van der Waals surface area contributed by atoms with Crippen molar-refractivity contribution >= 4 is 10.1 Å². The van der Waals surface area contributed by atoms with Gasteiger partial charge in [-0.05, 0) is 38.3 Å². The summed E-state index contributed by atoms with van der Waals surface area (Å²) in [6.07, 6.45) is 11.9. The van der Waals surface area contributed by atoms with Crippen molar-refractivity contribution in [3.63, 3.8) is 0 Å². The third kappa shape index (κ3) is 15.2. The summed E-state index contributed by atoms with van der Waals surface area (Å²) < 4.78 is 45.3. The molecule has 0 unspecified atom stereocenters. The van der Waals surface area contributed by atoms with Crippen molar-refractivity contribution in [1.29, 1.82) is 0 Å². The van der Waals surface area contributed by atoms with E-state index in [4.69, 9.17) is 18.4 Å². The van der Waals surface area contributed by atoms with Crippen LogP contribution in [0.15, 0.2) is 41.8 Å². The van der Waals surface area contributed by atoms with Crippen molar-refractivity contribution in [2.24, 2.45) is 0 Å². The summed E-state index contributed by atoms with van der Waals surface area (Å²) in [6.45, 7) is 8.54. The highest BCUT2D eigenvalue weighted by Crippen LogP contribution is 2.13. The fourth-order valence-corrected chi connectivity index (χ4v) is 3.79. The molecule has 0 atom stereocenters. The standard InChI is InChI=1S/C24H40O6S/c1-3-4-5-6-7-8-9-10-11-16-27-17-18-28-19-20-29-21-22-30-31(25,26)24-14-12-23(2)13-15-24/h3,12-15H,1,4-11,16-22H2,2H3. The Kier molecular flexibility index (Phi) is 16.4. The van der Waals surface area contributed by atoms with Crippen molar-refractivity contribution in [2.45, 2.75) is 63.2 Å². The average Bonchev–Trinajstić information content (AvgIpc) is 2.75. The van der Waals surface area contributed by atoms with E-state index < -0.39 is 10.1 Å². The van der Waals surface area contributed by atoms with Crippen LogP contribution in [0.4, 0.5) is 0 Å². The summed E-state index contributed by atoms with van der Waals surface area (Å²) in [7, 11) is -3.73. The molecule has 1 aromatic rings. The highest BCUT2D eigenvalue weighted by molar-refractivity contribution is 7.86. The van der Waals surface area contributed by atoms with E-state index in [0.717, 1.165) is 25.0 Å². The average molecular weight is 457 g/mol. The molecule has 0 aliphatic carbocycles. The predicted molar refractivity (Wildman–Crippen MR) is 124 cm³/mol. The quantitative estimate of drug-likeness (QED) is 0.146. The molecule has 0 heterocycles. The molecule has 0 aliphatic heterocycles. The third-order valence-electron chi connectivity index (χ3n) is 4.72. The smallest absolute Gasteiger partial charge is 0.297 e. The third-order valence-corrected chi connectivity index (χ3v) is 6.04. The highest BCUT2D eigenvalue weighted by atomic mass is 32.2. The molecule has 1 rings (SSSR count). The lowest BCUT2D eigenvalue weighted by Crippen LogP contribution is -2.14. The second-order valence-electron chi connectivity index (χ2n) is 7.48. The Balaban J connectivity index is 1.82. The van der Waals surface area contributed by atoms with E-state index in [1.165, 1.54) is 50.7 Å². The number of benzene rings is 1. The van der Waals surface area contributed by atoms with E-state index >= 15 is 0 Å². The van der Waals surface area contributed by atoms with Crippen LogP contribution in [0.1, 0.15) is 56.9 Å². The molecule has 0 saturated carbocycles. The van der Waals surface area contributed by atoms with E-state index in [9.17, 15) is 8.42 Å². The van der Waals surface area contributed by atoms with Gasteiger partial charge in [0.15, 0.2) is 0 Å². The van der Waals surface area contributed by atoms with Gasteiger partial charge in [0.1, 0.15) is 0 Å². The largest absolute Gasteiger partial charge is 0.379 e. The first-order valence-electron chi connectivity index (χ1n) is 11.4. The van der Waals surface area contributed by atoms with Crippen molar-refractivity contribution in [3.8, 4) is 0 Å². The van der Waals surface area contributed by atoms with Crippen LogP contribution in [0.5, 0.6) is 0 Å². The second kappa shape index (κ2) is 18.3. The first-order chi connectivity index (χ1) is 15.1. The van der Waals surface area contributed by atoms with Crippen molar-refractivity contribution in [3.05, 3.63) is 42.5 Å². The molecule has 6 nitrogen and oxygen atoms in total. The first kappa shape index (κ1) is 27.8. The van der Waals surface area contributed by atoms with Gasteiger partial charge in [-0.1, -0.05) is 55.9 Å². The van der Waals surface area contributed by atoms with Crippen molar-refractivity contribution < 1.29 is 26.8 Å². The molecule has 0 aliphatic rings. The fourth-order valence-electron chi connectivity index (χ4n) is 2.89. The molecule has 0 fully saturated rings. The number of allylic oxidation sites excluding steroid dienone is 1. The Morgan fingerprint density at radius 1 is 0.710 bits per heavy atom. The maximum Gasteiger partial charge on any atom is 0.297 e. The van der Waals surface area contributed by atoms with Crippen LogP contribution >= 0.6 is 0 Å². The van der Waals surface area contributed by atoms with Crippen LogP contribution in [0.2, 0.25) is 0 Å². The molecule has 0 bridgehead atoms. The Hall–Kier alpha value is -1.25. The number of aryl methyl sites for hydroxylation is 1. The highest BCUT2D eigenvalue weighted by Gasteiger charge is 2.14. The van der Waals surface area contributed by atoms with Gasteiger partial charge < -0.3 is 14.2 Å². The molecule has 0 saturated heterocycles. The summed E-state index contributed by atoms with van der Waals surface area (Å²) in [6, 6.07) is 6.55. The molecule has 31 heavy (non-hydrogen) atoms. The summed E-state index contributed by atoms with van der Waals surface area (Å²) in [5, 5.41) is 0. The van der Waals surface area contributed by atoms with Gasteiger partial charge in [0, 0.05) is 6.61 Å². The van der Waals surface area contributed by atoms with Crippen LogP contribution < -0.4 is 0 Å². The van der Waals surface area contributed by atoms with Crippen LogP contribution in [-0.2, 0) is 28.5 Å². The van der Waals surface area contributed by atoms with Crippen LogP contribution in [0, 0.1) is 6.92 Å². The zero-order valence-corrected chi connectivity index (χ0v) is 19.9. The molecule has 0 aromatic heterocycles. The lowest BCUT2D eigenvalue weighted by atomic mass is 10.1. The molecule has 0 amide bonds. The molecule has 0 spiro atoms. The lowest BCUT2D eigenvalue weighted by Gasteiger charge is -2.08. The maximum atomic E-state index is 12.0. The number of hydrogen-bond acceptors (Lipinski definition) is 6. The summed E-state index contributed by atoms with van der Waals surface area (Å²) in [5.74, 6) is 0. The van der Waals surface area contributed by atoms with Crippen molar-refractivity contribution in [1.82, 2.24) is 0 Å². The Morgan fingerprint density at radius 3 is 1.77 bits per heavy atom. The van der Waals surface area contributed by atoms with Gasteiger partial charge in [-0.25, -0.2) is 0 Å². The molecule has 0 N–H and O–H groups in total. The van der Waals surface area contributed by atoms with E-state index in [-0.39, 0.29) is 18.1 Å². The van der Waals surface area contributed by atoms with Gasteiger partial charge in [0.25, 0.3) is 10.1 Å². The topological polar surface area (TPSA) is 71.1 Å². The second-order valence-corrected chi connectivity index (χ2v) is 9.09. The monoisotopic (exact) mass is 456 g/mol. The maximum absolute atomic E-state index is 12.0. The van der Waals surface area contributed by atoms with Crippen molar-refractivity contribution in [2.75, 3.05) is 46.2 Å². The van der Waals surface area contributed by atoms with E-state index in [2.05, 4.69) is 6.58 Å². The number of ether oxygens (including phenoxy) is 3. The van der Waals surface area contributed by atoms with Crippen LogP contribution in [-0.4, -0.2) is 54.7 Å². The van der Waals surface area contributed by atoms with Crippen LogP contribution in [0.3, 0.4) is 0 Å². The number of unbranched alkanes of at least 4 members (excludes halogenated alkanes) is 7. The molecule has 0 radical (unpaired) electrons. The minimum absolute atomic E-state index is 0.0197. The van der Waals surface area contributed by atoms with Gasteiger partial charge in [-0.15, -0.1) is 6.58 Å². The Bertz CT molecular complexity index is 657. The van der Waals surface area contributed by atoms with Gasteiger partial charge in [0.05, 0.1) is 44.5 Å². The predicted octanol–water partition coefficient (Wildman–Crippen LogP) is 5.06. The minimum atomic E-state index is -3.73. The molecular formula is C24H40O6S. The van der Waals surface area contributed by atoms with Gasteiger partial charge in [0.2, 0.25) is 0 Å². The Morgan fingerprint density at radius 2 is 1.19 bits per heavy atom.